The molecule has 3 aromatic carbocycles. The number of hydrogen-bond acceptors (Lipinski definition) is 2. The van der Waals surface area contributed by atoms with Crippen molar-refractivity contribution in [1.29, 1.82) is 0 Å². The van der Waals surface area contributed by atoms with Crippen LogP contribution in [0.25, 0.3) is 22.0 Å². The number of piperidine rings is 1. The van der Waals surface area contributed by atoms with E-state index in [0.717, 1.165) is 48.0 Å². The Kier molecular flexibility index (Phi) is 6.16. The third-order valence-electron chi connectivity index (χ3n) is 6.75. The summed E-state index contributed by atoms with van der Waals surface area (Å²) in [7, 11) is 2.06. The monoisotopic (exact) mass is 459 g/mol. The van der Waals surface area contributed by atoms with Gasteiger partial charge in [-0.15, -0.1) is 0 Å². The Morgan fingerprint density at radius 3 is 2.44 bits per heavy atom. The fourth-order valence-electron chi connectivity index (χ4n) is 4.72. The molecule has 0 saturated carbocycles. The van der Waals surface area contributed by atoms with E-state index in [1.54, 1.807) is 11.0 Å². The molecule has 34 heavy (non-hydrogen) atoms. The molecular weight excluding hydrogens is 432 g/mol. The number of likely N-dealkylation sites (tertiary alicyclic amines) is 1. The summed E-state index contributed by atoms with van der Waals surface area (Å²) in [6.07, 6.45) is 3.52. The number of nitrogens with zero attached hydrogens (tertiary/aromatic N) is 2. The van der Waals surface area contributed by atoms with Crippen LogP contribution < -0.4 is 0 Å². The normalized spacial score (nSPS) is 15.0. The SMILES string of the molecule is CN1CCC(N(Cc2cc(-c3ccc4[nH]ccc4c3)ccc2F)C(=O)c2ccc(F)cc2)CC1. The highest BCUT2D eigenvalue weighted by molar-refractivity contribution is 5.94. The van der Waals surface area contributed by atoms with Crippen molar-refractivity contribution < 1.29 is 13.6 Å². The summed E-state index contributed by atoms with van der Waals surface area (Å²) >= 11 is 0. The molecule has 1 aliphatic rings. The van der Waals surface area contributed by atoms with Crippen molar-refractivity contribution in [2.75, 3.05) is 20.1 Å². The molecule has 0 aliphatic carbocycles. The fraction of sp³-hybridized carbons (Fsp3) is 0.250. The average molecular weight is 460 g/mol. The molecule has 4 nitrogen and oxygen atoms in total. The molecule has 0 spiro atoms. The molecular formula is C28H27F2N3O. The minimum Gasteiger partial charge on any atom is -0.361 e. The van der Waals surface area contributed by atoms with Crippen LogP contribution in [-0.4, -0.2) is 46.9 Å². The van der Waals surface area contributed by atoms with Gasteiger partial charge in [-0.05, 0) is 104 Å². The molecule has 1 N–H and O–H groups in total. The number of aromatic nitrogens is 1. The van der Waals surface area contributed by atoms with Gasteiger partial charge in [0.15, 0.2) is 0 Å². The van der Waals surface area contributed by atoms with E-state index in [1.807, 2.05) is 30.5 Å². The number of amides is 1. The van der Waals surface area contributed by atoms with Crippen LogP contribution in [0.5, 0.6) is 0 Å². The van der Waals surface area contributed by atoms with Crippen molar-refractivity contribution >= 4 is 16.8 Å². The van der Waals surface area contributed by atoms with Gasteiger partial charge in [-0.25, -0.2) is 8.78 Å². The molecule has 5 rings (SSSR count). The molecule has 0 unspecified atom stereocenters. The van der Waals surface area contributed by atoms with Gasteiger partial charge in [0.2, 0.25) is 0 Å². The van der Waals surface area contributed by atoms with Crippen LogP contribution in [0.1, 0.15) is 28.8 Å². The molecule has 174 valence electrons. The molecule has 4 aromatic rings. The van der Waals surface area contributed by atoms with Crippen molar-refractivity contribution in [3.63, 3.8) is 0 Å². The lowest BCUT2D eigenvalue weighted by molar-refractivity contribution is 0.0567. The van der Waals surface area contributed by atoms with Gasteiger partial charge in [0.05, 0.1) is 0 Å². The fourth-order valence-corrected chi connectivity index (χ4v) is 4.72. The first-order valence-electron chi connectivity index (χ1n) is 11.6. The number of hydrogen-bond donors (Lipinski definition) is 1. The first-order valence-corrected chi connectivity index (χ1v) is 11.6. The standard InChI is InChI=1S/C28H27F2N3O/c1-32-14-11-25(12-15-32)33(28(34)19-2-6-24(29)7-3-19)18-23-17-20(4-8-26(23)30)21-5-9-27-22(16-21)10-13-31-27/h2-10,13,16-17,25,31H,11-12,14-15,18H2,1H3. The molecule has 1 fully saturated rings. The summed E-state index contributed by atoms with van der Waals surface area (Å²) in [5.41, 5.74) is 3.82. The minimum atomic E-state index is -0.388. The Bertz CT molecular complexity index is 1310. The Labute approximate surface area is 197 Å². The third kappa shape index (κ3) is 4.59. The minimum absolute atomic E-state index is 0.00647. The highest BCUT2D eigenvalue weighted by Crippen LogP contribution is 2.28. The smallest absolute Gasteiger partial charge is 0.254 e. The number of rotatable bonds is 5. The van der Waals surface area contributed by atoms with Crippen LogP contribution >= 0.6 is 0 Å². The molecule has 1 aromatic heterocycles. The van der Waals surface area contributed by atoms with Crippen molar-refractivity contribution in [1.82, 2.24) is 14.8 Å². The second-order valence-electron chi connectivity index (χ2n) is 9.06. The predicted molar refractivity (Wildman–Crippen MR) is 130 cm³/mol. The number of H-pyrrole nitrogens is 1. The highest BCUT2D eigenvalue weighted by atomic mass is 19.1. The lowest BCUT2D eigenvalue weighted by Gasteiger charge is -2.37. The van der Waals surface area contributed by atoms with E-state index in [0.29, 0.717) is 11.1 Å². The Morgan fingerprint density at radius 2 is 1.68 bits per heavy atom. The second kappa shape index (κ2) is 9.39. The zero-order valence-corrected chi connectivity index (χ0v) is 19.1. The molecule has 1 saturated heterocycles. The van der Waals surface area contributed by atoms with Crippen LogP contribution in [0.3, 0.4) is 0 Å². The number of halogens is 2. The van der Waals surface area contributed by atoms with E-state index >= 15 is 0 Å². The first kappa shape index (κ1) is 22.3. The van der Waals surface area contributed by atoms with Gasteiger partial charge < -0.3 is 14.8 Å². The van der Waals surface area contributed by atoms with E-state index in [2.05, 4.69) is 23.0 Å². The van der Waals surface area contributed by atoms with Crippen molar-refractivity contribution in [3.8, 4) is 11.1 Å². The van der Waals surface area contributed by atoms with Crippen molar-refractivity contribution in [2.45, 2.75) is 25.4 Å². The summed E-state index contributed by atoms with van der Waals surface area (Å²) in [4.78, 5) is 20.7. The van der Waals surface area contributed by atoms with Crippen LogP contribution in [-0.2, 0) is 6.54 Å². The van der Waals surface area contributed by atoms with E-state index in [-0.39, 0.29) is 30.1 Å². The summed E-state index contributed by atoms with van der Waals surface area (Å²) in [5.74, 6) is -0.926. The van der Waals surface area contributed by atoms with Crippen molar-refractivity contribution in [3.05, 3.63) is 95.7 Å². The van der Waals surface area contributed by atoms with Gasteiger partial charge in [0.1, 0.15) is 11.6 Å². The summed E-state index contributed by atoms with van der Waals surface area (Å²) < 4.78 is 28.4. The number of carbonyl (C=O) groups excluding carboxylic acids is 1. The third-order valence-corrected chi connectivity index (χ3v) is 6.75. The van der Waals surface area contributed by atoms with E-state index < -0.39 is 0 Å². The van der Waals surface area contributed by atoms with Gasteiger partial charge in [-0.2, -0.15) is 0 Å². The quantitative estimate of drug-likeness (QED) is 0.407. The molecule has 1 amide bonds. The van der Waals surface area contributed by atoms with Gasteiger partial charge in [-0.1, -0.05) is 12.1 Å². The molecule has 6 heteroatoms. The Morgan fingerprint density at radius 1 is 0.971 bits per heavy atom. The lowest BCUT2D eigenvalue weighted by Crippen LogP contribution is -2.46. The van der Waals surface area contributed by atoms with Crippen LogP contribution in [0.15, 0.2) is 72.9 Å². The number of benzene rings is 3. The molecule has 2 heterocycles. The maximum absolute atomic E-state index is 15.0. The lowest BCUT2D eigenvalue weighted by atomic mass is 9.98. The Balaban J connectivity index is 1.47. The van der Waals surface area contributed by atoms with Crippen molar-refractivity contribution in [2.24, 2.45) is 0 Å². The highest BCUT2D eigenvalue weighted by Gasteiger charge is 2.28. The maximum atomic E-state index is 15.0. The Hall–Kier alpha value is -3.51. The largest absolute Gasteiger partial charge is 0.361 e. The number of carbonyl (C=O) groups is 1. The second-order valence-corrected chi connectivity index (χ2v) is 9.06. The summed E-state index contributed by atoms with van der Waals surface area (Å²) in [6, 6.07) is 18.7. The van der Waals surface area contributed by atoms with E-state index in [1.165, 1.54) is 30.3 Å². The van der Waals surface area contributed by atoms with E-state index in [4.69, 9.17) is 0 Å². The molecule has 0 atom stereocenters. The van der Waals surface area contributed by atoms with Gasteiger partial charge in [0.25, 0.3) is 5.91 Å². The number of fused-ring (bicyclic) bond motifs is 1. The van der Waals surface area contributed by atoms with Gasteiger partial charge in [0, 0.05) is 35.4 Å². The van der Waals surface area contributed by atoms with E-state index in [9.17, 15) is 13.6 Å². The molecule has 0 radical (unpaired) electrons. The molecule has 0 bridgehead atoms. The number of aromatic amines is 1. The topological polar surface area (TPSA) is 39.3 Å². The van der Waals surface area contributed by atoms with Gasteiger partial charge >= 0.3 is 0 Å². The zero-order valence-electron chi connectivity index (χ0n) is 19.1. The summed E-state index contributed by atoms with van der Waals surface area (Å²) in [5, 5.41) is 1.09. The van der Waals surface area contributed by atoms with Crippen LogP contribution in [0.2, 0.25) is 0 Å². The average Bonchev–Trinajstić information content (AvgIpc) is 3.32. The van der Waals surface area contributed by atoms with Crippen LogP contribution in [0.4, 0.5) is 8.78 Å². The predicted octanol–water partition coefficient (Wildman–Crippen LogP) is 5.85. The number of nitrogens with one attached hydrogen (secondary N) is 1. The van der Waals surface area contributed by atoms with Crippen LogP contribution in [0, 0.1) is 11.6 Å². The zero-order chi connectivity index (χ0) is 23.7. The van der Waals surface area contributed by atoms with Gasteiger partial charge in [-0.3, -0.25) is 4.79 Å². The summed E-state index contributed by atoms with van der Waals surface area (Å²) in [6.45, 7) is 1.91. The maximum Gasteiger partial charge on any atom is 0.254 e. The first-order chi connectivity index (χ1) is 16.5. The molecule has 1 aliphatic heterocycles.